The minimum absolute atomic E-state index is 0.137. The van der Waals surface area contributed by atoms with Gasteiger partial charge in [-0.15, -0.1) is 0 Å². The number of nitrogens with one attached hydrogen (secondary N) is 2. The minimum atomic E-state index is -4.09. The Bertz CT molecular complexity index is 1170. The van der Waals surface area contributed by atoms with Crippen molar-refractivity contribution >= 4 is 27.3 Å². The van der Waals surface area contributed by atoms with Crippen LogP contribution in [0.15, 0.2) is 71.6 Å². The van der Waals surface area contributed by atoms with Crippen molar-refractivity contribution in [1.82, 2.24) is 0 Å². The number of rotatable bonds is 8. The van der Waals surface area contributed by atoms with Crippen LogP contribution in [0.4, 0.5) is 20.2 Å². The summed E-state index contributed by atoms with van der Waals surface area (Å²) in [6.45, 7) is 2.18. The number of amides is 1. The zero-order chi connectivity index (χ0) is 22.4. The maximum absolute atomic E-state index is 13.3. The smallest absolute Gasteiger partial charge is 0.261 e. The summed E-state index contributed by atoms with van der Waals surface area (Å²) in [6, 6.07) is 15.7. The van der Waals surface area contributed by atoms with E-state index in [1.807, 2.05) is 31.2 Å². The Morgan fingerprint density at radius 3 is 2.19 bits per heavy atom. The zero-order valence-electron chi connectivity index (χ0n) is 16.6. The maximum Gasteiger partial charge on any atom is 0.261 e. The van der Waals surface area contributed by atoms with Crippen LogP contribution in [0.25, 0.3) is 0 Å². The fourth-order valence-corrected chi connectivity index (χ4v) is 3.67. The number of carbonyl (C=O) groups excluding carboxylic acids is 1. The quantitative estimate of drug-likeness (QED) is 0.534. The average molecular weight is 446 g/mol. The normalized spacial score (nSPS) is 11.1. The van der Waals surface area contributed by atoms with E-state index in [2.05, 4.69) is 10.0 Å². The Kier molecular flexibility index (Phi) is 6.86. The summed E-state index contributed by atoms with van der Waals surface area (Å²) in [5.41, 5.74) is 1.78. The van der Waals surface area contributed by atoms with Crippen molar-refractivity contribution in [2.45, 2.75) is 18.2 Å². The highest BCUT2D eigenvalue weighted by molar-refractivity contribution is 7.92. The highest BCUT2D eigenvalue weighted by Gasteiger charge is 2.16. The van der Waals surface area contributed by atoms with E-state index in [0.717, 1.165) is 17.7 Å². The summed E-state index contributed by atoms with van der Waals surface area (Å²) in [5, 5.41) is 2.69. The number of anilines is 2. The summed E-state index contributed by atoms with van der Waals surface area (Å²) < 4.78 is 58.7. The van der Waals surface area contributed by atoms with Crippen LogP contribution in [-0.4, -0.2) is 20.9 Å². The summed E-state index contributed by atoms with van der Waals surface area (Å²) >= 11 is 0. The molecule has 6 nitrogen and oxygen atoms in total. The van der Waals surface area contributed by atoms with Gasteiger partial charge in [0.2, 0.25) is 5.91 Å². The molecular formula is C22H20F2N2O4S. The van der Waals surface area contributed by atoms with Crippen LogP contribution in [0.3, 0.4) is 0 Å². The Hall–Kier alpha value is -3.46. The van der Waals surface area contributed by atoms with Crippen molar-refractivity contribution in [3.8, 4) is 5.75 Å². The molecule has 0 unspecified atom stereocenters. The summed E-state index contributed by atoms with van der Waals surface area (Å²) in [7, 11) is -4.09. The lowest BCUT2D eigenvalue weighted by Crippen LogP contribution is -2.15. The first-order valence-corrected chi connectivity index (χ1v) is 10.8. The first-order valence-electron chi connectivity index (χ1n) is 9.30. The first kappa shape index (κ1) is 22.2. The molecule has 0 aliphatic heterocycles. The number of benzene rings is 3. The molecule has 3 rings (SSSR count). The van der Waals surface area contributed by atoms with E-state index in [4.69, 9.17) is 4.74 Å². The van der Waals surface area contributed by atoms with Gasteiger partial charge in [0, 0.05) is 11.4 Å². The number of halogens is 2. The van der Waals surface area contributed by atoms with Crippen molar-refractivity contribution in [1.29, 1.82) is 0 Å². The summed E-state index contributed by atoms with van der Waals surface area (Å²) in [4.78, 5) is 11.6. The van der Waals surface area contributed by atoms with Gasteiger partial charge in [-0.3, -0.25) is 9.52 Å². The molecule has 3 aromatic carbocycles. The van der Waals surface area contributed by atoms with Crippen molar-refractivity contribution in [3.05, 3.63) is 83.9 Å². The van der Waals surface area contributed by atoms with Crippen LogP contribution in [0, 0.1) is 18.6 Å². The van der Waals surface area contributed by atoms with Gasteiger partial charge in [-0.05, 0) is 61.5 Å². The Balaban J connectivity index is 1.52. The van der Waals surface area contributed by atoms with E-state index in [-0.39, 0.29) is 24.6 Å². The van der Waals surface area contributed by atoms with E-state index in [9.17, 15) is 22.0 Å². The molecule has 0 saturated carbocycles. The molecule has 0 aliphatic rings. The third-order valence-corrected chi connectivity index (χ3v) is 5.62. The van der Waals surface area contributed by atoms with E-state index < -0.39 is 26.6 Å². The third-order valence-electron chi connectivity index (χ3n) is 4.24. The second-order valence-electron chi connectivity index (χ2n) is 6.72. The molecule has 9 heteroatoms. The summed E-state index contributed by atoms with van der Waals surface area (Å²) in [5.74, 6) is -1.98. The van der Waals surface area contributed by atoms with Gasteiger partial charge in [0.05, 0.1) is 17.9 Å². The third kappa shape index (κ3) is 6.26. The Morgan fingerprint density at radius 2 is 1.55 bits per heavy atom. The highest BCUT2D eigenvalue weighted by atomic mass is 32.2. The fourth-order valence-electron chi connectivity index (χ4n) is 2.60. The van der Waals surface area contributed by atoms with Gasteiger partial charge < -0.3 is 10.1 Å². The van der Waals surface area contributed by atoms with Crippen molar-refractivity contribution in [2.24, 2.45) is 0 Å². The van der Waals surface area contributed by atoms with Crippen LogP contribution in [-0.2, 0) is 14.8 Å². The molecule has 31 heavy (non-hydrogen) atoms. The van der Waals surface area contributed by atoms with Crippen LogP contribution in [0.1, 0.15) is 12.0 Å². The average Bonchev–Trinajstić information content (AvgIpc) is 2.72. The van der Waals surface area contributed by atoms with Crippen LogP contribution < -0.4 is 14.8 Å². The predicted octanol–water partition coefficient (Wildman–Crippen LogP) is 4.48. The number of hydrogen-bond donors (Lipinski definition) is 2. The molecular weight excluding hydrogens is 426 g/mol. The highest BCUT2D eigenvalue weighted by Crippen LogP contribution is 2.20. The Morgan fingerprint density at radius 1 is 0.903 bits per heavy atom. The molecule has 1 amide bonds. The molecule has 0 spiro atoms. The van der Waals surface area contributed by atoms with Gasteiger partial charge in [-0.2, -0.15) is 0 Å². The monoisotopic (exact) mass is 446 g/mol. The van der Waals surface area contributed by atoms with Gasteiger partial charge in [0.25, 0.3) is 10.0 Å². The molecule has 0 fully saturated rings. The number of hydrogen-bond acceptors (Lipinski definition) is 4. The molecule has 2 N–H and O–H groups in total. The number of ether oxygens (including phenoxy) is 1. The van der Waals surface area contributed by atoms with Gasteiger partial charge in [0.15, 0.2) is 11.6 Å². The first-order chi connectivity index (χ1) is 14.7. The van der Waals surface area contributed by atoms with E-state index >= 15 is 0 Å². The van der Waals surface area contributed by atoms with Gasteiger partial charge in [0.1, 0.15) is 5.75 Å². The SMILES string of the molecule is Cc1ccc(OCCC(=O)Nc2ccc(NS(=O)(=O)c3ccc(F)c(F)c3)cc2)cc1. The van der Waals surface area contributed by atoms with Crippen molar-refractivity contribution in [3.63, 3.8) is 0 Å². The fraction of sp³-hybridized carbons (Fsp3) is 0.136. The minimum Gasteiger partial charge on any atom is -0.493 e. The van der Waals surface area contributed by atoms with Gasteiger partial charge in [-0.1, -0.05) is 17.7 Å². The van der Waals surface area contributed by atoms with Gasteiger partial charge in [-0.25, -0.2) is 17.2 Å². The standard InChI is InChI=1S/C22H20F2N2O4S/c1-15-2-8-18(9-3-15)30-13-12-22(27)25-16-4-6-17(7-5-16)26-31(28,29)19-10-11-20(23)21(24)14-19/h2-11,14,26H,12-13H2,1H3,(H,25,27). The van der Waals surface area contributed by atoms with Crippen LogP contribution in [0.2, 0.25) is 0 Å². The largest absolute Gasteiger partial charge is 0.493 e. The van der Waals surface area contributed by atoms with Crippen LogP contribution in [0.5, 0.6) is 5.75 Å². The molecule has 0 radical (unpaired) electrons. The molecule has 0 atom stereocenters. The molecule has 0 heterocycles. The topological polar surface area (TPSA) is 84.5 Å². The number of sulfonamides is 1. The molecule has 3 aromatic rings. The molecule has 0 saturated heterocycles. The van der Waals surface area contributed by atoms with E-state index in [1.54, 1.807) is 0 Å². The maximum atomic E-state index is 13.3. The Labute approximate surface area is 178 Å². The van der Waals surface area contributed by atoms with Crippen molar-refractivity contribution in [2.75, 3.05) is 16.6 Å². The van der Waals surface area contributed by atoms with Gasteiger partial charge >= 0.3 is 0 Å². The number of carbonyl (C=O) groups is 1. The second kappa shape index (κ2) is 9.57. The van der Waals surface area contributed by atoms with Crippen LogP contribution >= 0.6 is 0 Å². The zero-order valence-corrected chi connectivity index (χ0v) is 17.4. The van der Waals surface area contributed by atoms with E-state index in [0.29, 0.717) is 17.5 Å². The lowest BCUT2D eigenvalue weighted by atomic mass is 10.2. The molecule has 0 bridgehead atoms. The van der Waals surface area contributed by atoms with Crippen molar-refractivity contribution < 1.29 is 26.7 Å². The predicted molar refractivity (Wildman–Crippen MR) is 114 cm³/mol. The lowest BCUT2D eigenvalue weighted by Gasteiger charge is -2.10. The van der Waals surface area contributed by atoms with E-state index in [1.165, 1.54) is 24.3 Å². The number of aryl methyl sites for hydroxylation is 1. The molecule has 0 aromatic heterocycles. The second-order valence-corrected chi connectivity index (χ2v) is 8.40. The summed E-state index contributed by atoms with van der Waals surface area (Å²) in [6.07, 6.45) is 0.137. The molecule has 162 valence electrons. The molecule has 0 aliphatic carbocycles. The lowest BCUT2D eigenvalue weighted by molar-refractivity contribution is -0.116.